The Morgan fingerprint density at radius 2 is 1.86 bits per heavy atom. The van der Waals surface area contributed by atoms with Crippen molar-refractivity contribution in [3.05, 3.63) is 70.9 Å². The van der Waals surface area contributed by atoms with Gasteiger partial charge < -0.3 is 10.3 Å². The average molecular weight is 276 g/mol. The molecular weight excluding hydrogens is 256 g/mol. The zero-order chi connectivity index (χ0) is 14.2. The lowest BCUT2D eigenvalue weighted by Gasteiger charge is -2.08. The molecule has 1 heterocycles. The number of benzene rings is 2. The lowest BCUT2D eigenvalue weighted by atomic mass is 10.1. The molecule has 0 saturated carbocycles. The van der Waals surface area contributed by atoms with Crippen molar-refractivity contribution in [1.82, 2.24) is 4.57 Å². The second-order valence-corrected chi connectivity index (χ2v) is 5.96. The Labute approximate surface area is 125 Å². The van der Waals surface area contributed by atoms with Gasteiger partial charge in [0.2, 0.25) is 0 Å². The first-order chi connectivity index (χ1) is 10.3. The number of rotatable bonds is 3. The predicted molar refractivity (Wildman–Crippen MR) is 87.4 cm³/mol. The molecule has 2 N–H and O–H groups in total. The minimum absolute atomic E-state index is 0.595. The Morgan fingerprint density at radius 3 is 2.76 bits per heavy atom. The first-order valence-corrected chi connectivity index (χ1v) is 7.72. The second kappa shape index (κ2) is 5.05. The molecule has 2 aromatic carbocycles. The van der Waals surface area contributed by atoms with Crippen LogP contribution in [0.25, 0.3) is 10.9 Å². The van der Waals surface area contributed by atoms with Crippen LogP contribution in [-0.2, 0) is 25.9 Å². The molecule has 3 aromatic rings. The molecule has 1 aromatic heterocycles. The Balaban J connectivity index is 1.74. The van der Waals surface area contributed by atoms with Crippen molar-refractivity contribution in [3.63, 3.8) is 0 Å². The highest BCUT2D eigenvalue weighted by Gasteiger charge is 2.12. The van der Waals surface area contributed by atoms with Gasteiger partial charge in [-0.3, -0.25) is 0 Å². The quantitative estimate of drug-likeness (QED) is 0.778. The van der Waals surface area contributed by atoms with Crippen molar-refractivity contribution in [3.8, 4) is 0 Å². The minimum Gasteiger partial charge on any atom is -0.343 e. The molecule has 0 fully saturated rings. The van der Waals surface area contributed by atoms with Gasteiger partial charge in [0.15, 0.2) is 0 Å². The fourth-order valence-corrected chi connectivity index (χ4v) is 3.54. The molecule has 2 heteroatoms. The number of fused-ring (bicyclic) bond motifs is 2. The van der Waals surface area contributed by atoms with Crippen molar-refractivity contribution in [2.24, 2.45) is 5.73 Å². The highest BCUT2D eigenvalue weighted by atomic mass is 15.0. The van der Waals surface area contributed by atoms with Gasteiger partial charge in [0.1, 0.15) is 0 Å². The van der Waals surface area contributed by atoms with E-state index in [9.17, 15) is 0 Å². The van der Waals surface area contributed by atoms with Crippen molar-refractivity contribution < 1.29 is 0 Å². The summed E-state index contributed by atoms with van der Waals surface area (Å²) < 4.78 is 2.33. The Bertz CT molecular complexity index is 798. The van der Waals surface area contributed by atoms with Crippen LogP contribution >= 0.6 is 0 Å². The maximum atomic E-state index is 5.88. The van der Waals surface area contributed by atoms with Gasteiger partial charge in [0.05, 0.1) is 0 Å². The fourth-order valence-electron chi connectivity index (χ4n) is 3.54. The van der Waals surface area contributed by atoms with E-state index in [1.54, 1.807) is 11.1 Å². The Kier molecular flexibility index (Phi) is 3.04. The van der Waals surface area contributed by atoms with Gasteiger partial charge in [-0.2, -0.15) is 0 Å². The third-order valence-corrected chi connectivity index (χ3v) is 4.61. The highest BCUT2D eigenvalue weighted by Crippen LogP contribution is 2.25. The summed E-state index contributed by atoms with van der Waals surface area (Å²) in [6.45, 7) is 1.52. The molecule has 4 rings (SSSR count). The molecule has 2 nitrogen and oxygen atoms in total. The van der Waals surface area contributed by atoms with E-state index >= 15 is 0 Å². The first kappa shape index (κ1) is 12.7. The lowest BCUT2D eigenvalue weighted by Crippen LogP contribution is -1.99. The van der Waals surface area contributed by atoms with Crippen LogP contribution in [-0.4, -0.2) is 4.57 Å². The van der Waals surface area contributed by atoms with Crippen molar-refractivity contribution >= 4 is 10.9 Å². The predicted octanol–water partition coefficient (Wildman–Crippen LogP) is 3.64. The molecule has 0 bridgehead atoms. The van der Waals surface area contributed by atoms with E-state index in [1.165, 1.54) is 41.3 Å². The zero-order valence-corrected chi connectivity index (χ0v) is 12.2. The largest absolute Gasteiger partial charge is 0.343 e. The molecule has 0 aliphatic heterocycles. The molecule has 0 atom stereocenters. The van der Waals surface area contributed by atoms with Gasteiger partial charge >= 0.3 is 0 Å². The summed E-state index contributed by atoms with van der Waals surface area (Å²) in [5.74, 6) is 0. The van der Waals surface area contributed by atoms with Gasteiger partial charge in [0, 0.05) is 30.2 Å². The van der Waals surface area contributed by atoms with Crippen LogP contribution in [0.3, 0.4) is 0 Å². The van der Waals surface area contributed by atoms with E-state index in [4.69, 9.17) is 5.73 Å². The van der Waals surface area contributed by atoms with Crippen LogP contribution in [0.1, 0.15) is 28.7 Å². The summed E-state index contributed by atoms with van der Waals surface area (Å²) >= 11 is 0. The van der Waals surface area contributed by atoms with E-state index in [0.29, 0.717) is 6.54 Å². The molecule has 1 aliphatic carbocycles. The summed E-state index contributed by atoms with van der Waals surface area (Å²) in [7, 11) is 0. The average Bonchev–Trinajstić information content (AvgIpc) is 3.12. The van der Waals surface area contributed by atoms with Gasteiger partial charge in [-0.05, 0) is 47.6 Å². The highest BCUT2D eigenvalue weighted by molar-refractivity contribution is 5.84. The lowest BCUT2D eigenvalue weighted by molar-refractivity contribution is 0.827. The summed E-state index contributed by atoms with van der Waals surface area (Å²) in [5, 5.41) is 1.28. The molecular formula is C19H20N2. The molecule has 0 radical (unpaired) electrons. The number of para-hydroxylation sites is 1. The van der Waals surface area contributed by atoms with Gasteiger partial charge in [0.25, 0.3) is 0 Å². The summed E-state index contributed by atoms with van der Waals surface area (Å²) in [4.78, 5) is 0. The van der Waals surface area contributed by atoms with E-state index in [1.807, 2.05) is 0 Å². The molecule has 0 spiro atoms. The van der Waals surface area contributed by atoms with Crippen molar-refractivity contribution in [2.75, 3.05) is 0 Å². The van der Waals surface area contributed by atoms with Crippen LogP contribution in [0.4, 0.5) is 0 Å². The summed E-state index contributed by atoms with van der Waals surface area (Å²) in [6.07, 6.45) is 6.00. The summed E-state index contributed by atoms with van der Waals surface area (Å²) in [5.41, 5.74) is 12.9. The molecule has 0 amide bonds. The molecule has 1 aliphatic rings. The van der Waals surface area contributed by atoms with Crippen LogP contribution in [0.2, 0.25) is 0 Å². The minimum atomic E-state index is 0.595. The van der Waals surface area contributed by atoms with E-state index in [2.05, 4.69) is 53.2 Å². The van der Waals surface area contributed by atoms with Crippen LogP contribution < -0.4 is 5.73 Å². The SMILES string of the molecule is NCc1cn(Cc2ccc3c(c2)CCC3)c2ccccc12. The number of aromatic nitrogens is 1. The standard InChI is InChI=1S/C19H20N2/c20-11-17-13-21(19-7-2-1-6-18(17)19)12-14-8-9-15-4-3-5-16(15)10-14/h1-2,6-10,13H,3-5,11-12,20H2. The number of hydrogen-bond acceptors (Lipinski definition) is 1. The number of aryl methyl sites for hydroxylation is 2. The zero-order valence-electron chi connectivity index (χ0n) is 12.2. The van der Waals surface area contributed by atoms with Crippen LogP contribution in [0.15, 0.2) is 48.7 Å². The van der Waals surface area contributed by atoms with E-state index < -0.39 is 0 Å². The number of hydrogen-bond donors (Lipinski definition) is 1. The molecule has 0 saturated heterocycles. The fraction of sp³-hybridized carbons (Fsp3) is 0.263. The van der Waals surface area contributed by atoms with Crippen molar-refractivity contribution in [2.45, 2.75) is 32.4 Å². The Hall–Kier alpha value is -2.06. The third kappa shape index (κ3) is 2.16. The van der Waals surface area contributed by atoms with E-state index in [-0.39, 0.29) is 0 Å². The normalized spacial score (nSPS) is 13.8. The van der Waals surface area contributed by atoms with Crippen LogP contribution in [0.5, 0.6) is 0 Å². The Morgan fingerprint density at radius 1 is 1.00 bits per heavy atom. The van der Waals surface area contributed by atoms with Gasteiger partial charge in [-0.15, -0.1) is 0 Å². The smallest absolute Gasteiger partial charge is 0.0486 e. The molecule has 106 valence electrons. The monoisotopic (exact) mass is 276 g/mol. The number of nitrogens with zero attached hydrogens (tertiary/aromatic N) is 1. The van der Waals surface area contributed by atoms with Crippen molar-refractivity contribution in [1.29, 1.82) is 0 Å². The number of nitrogens with two attached hydrogens (primary N) is 1. The van der Waals surface area contributed by atoms with E-state index in [0.717, 1.165) is 6.54 Å². The van der Waals surface area contributed by atoms with Gasteiger partial charge in [-0.1, -0.05) is 36.4 Å². The second-order valence-electron chi connectivity index (χ2n) is 5.96. The first-order valence-electron chi connectivity index (χ1n) is 7.72. The summed E-state index contributed by atoms with van der Waals surface area (Å²) in [6, 6.07) is 15.5. The maximum Gasteiger partial charge on any atom is 0.0486 e. The molecule has 21 heavy (non-hydrogen) atoms. The maximum absolute atomic E-state index is 5.88. The van der Waals surface area contributed by atoms with Gasteiger partial charge in [-0.25, -0.2) is 0 Å². The molecule has 0 unspecified atom stereocenters. The topological polar surface area (TPSA) is 30.9 Å². The van der Waals surface area contributed by atoms with Crippen LogP contribution in [0, 0.1) is 0 Å². The third-order valence-electron chi connectivity index (χ3n) is 4.61.